The highest BCUT2D eigenvalue weighted by molar-refractivity contribution is 5.81. The minimum absolute atomic E-state index is 0.0518. The molecule has 2 aromatic heterocycles. The molecule has 0 unspecified atom stereocenters. The van der Waals surface area contributed by atoms with Crippen molar-refractivity contribution in [2.24, 2.45) is 0 Å². The van der Waals surface area contributed by atoms with Gasteiger partial charge < -0.3 is 4.74 Å². The molecule has 2 heterocycles. The van der Waals surface area contributed by atoms with Gasteiger partial charge in [-0.05, 0) is 44.5 Å². The predicted octanol–water partition coefficient (Wildman–Crippen LogP) is 2.86. The average molecular weight is 268 g/mol. The van der Waals surface area contributed by atoms with Gasteiger partial charge in [0.1, 0.15) is 0 Å². The molecule has 1 aromatic carbocycles. The summed E-state index contributed by atoms with van der Waals surface area (Å²) in [6.07, 6.45) is 0. The van der Waals surface area contributed by atoms with E-state index in [4.69, 9.17) is 4.74 Å². The molecule has 102 valence electrons. The maximum Gasteiger partial charge on any atom is 0.266 e. The third-order valence-electron chi connectivity index (χ3n) is 3.40. The fourth-order valence-electron chi connectivity index (χ4n) is 2.55. The molecule has 0 bridgehead atoms. The Labute approximate surface area is 116 Å². The first kappa shape index (κ1) is 12.7. The molecule has 0 N–H and O–H groups in total. The molecule has 4 heteroatoms. The summed E-state index contributed by atoms with van der Waals surface area (Å²) in [6, 6.07) is 9.34. The van der Waals surface area contributed by atoms with Gasteiger partial charge in [-0.1, -0.05) is 12.1 Å². The van der Waals surface area contributed by atoms with Gasteiger partial charge in [-0.3, -0.25) is 9.20 Å². The number of aromatic nitrogens is 2. The van der Waals surface area contributed by atoms with Crippen molar-refractivity contribution in [3.63, 3.8) is 0 Å². The van der Waals surface area contributed by atoms with Crippen LogP contribution in [0.5, 0.6) is 5.75 Å². The van der Waals surface area contributed by atoms with Crippen molar-refractivity contribution < 1.29 is 4.74 Å². The molecule has 0 saturated heterocycles. The van der Waals surface area contributed by atoms with Crippen LogP contribution in [0.2, 0.25) is 0 Å². The number of nitrogens with zero attached hydrogens (tertiary/aromatic N) is 2. The number of aryl methyl sites for hydroxylation is 2. The number of hydrogen-bond acceptors (Lipinski definition) is 3. The lowest BCUT2D eigenvalue weighted by molar-refractivity contribution is 0.339. The summed E-state index contributed by atoms with van der Waals surface area (Å²) in [4.78, 5) is 17.3. The van der Waals surface area contributed by atoms with Crippen molar-refractivity contribution in [2.45, 2.75) is 20.8 Å². The normalized spacial score (nSPS) is 11.2. The van der Waals surface area contributed by atoms with Crippen molar-refractivity contribution in [3.8, 4) is 5.75 Å². The van der Waals surface area contributed by atoms with Gasteiger partial charge in [-0.15, -0.1) is 0 Å². The van der Waals surface area contributed by atoms with Gasteiger partial charge in [0.15, 0.2) is 11.4 Å². The number of rotatable bonds is 2. The van der Waals surface area contributed by atoms with Crippen molar-refractivity contribution in [3.05, 3.63) is 51.9 Å². The van der Waals surface area contributed by atoms with Crippen LogP contribution >= 0.6 is 0 Å². The van der Waals surface area contributed by atoms with E-state index in [9.17, 15) is 4.79 Å². The standard InChI is InChI=1S/C16H16N2O2/c1-4-20-14-10(2)9-11(3)18-15(14)17-13-8-6-5-7-12(13)16(18)19/h5-9H,4H2,1-3H3. The van der Waals surface area contributed by atoms with Crippen LogP contribution in [0.3, 0.4) is 0 Å². The van der Waals surface area contributed by atoms with E-state index in [0.717, 1.165) is 11.3 Å². The van der Waals surface area contributed by atoms with Crippen molar-refractivity contribution in [1.82, 2.24) is 9.38 Å². The minimum Gasteiger partial charge on any atom is -0.490 e. The van der Waals surface area contributed by atoms with Gasteiger partial charge in [0.25, 0.3) is 5.56 Å². The molecule has 3 aromatic rings. The largest absolute Gasteiger partial charge is 0.490 e. The zero-order valence-electron chi connectivity index (χ0n) is 11.8. The van der Waals surface area contributed by atoms with Gasteiger partial charge in [0.2, 0.25) is 0 Å². The van der Waals surface area contributed by atoms with Crippen molar-refractivity contribution in [1.29, 1.82) is 0 Å². The Hall–Kier alpha value is -2.36. The van der Waals surface area contributed by atoms with Crippen LogP contribution < -0.4 is 10.3 Å². The molecule has 0 aliphatic carbocycles. The van der Waals surface area contributed by atoms with Crippen LogP contribution in [0, 0.1) is 13.8 Å². The molecule has 0 saturated carbocycles. The molecule has 0 spiro atoms. The van der Waals surface area contributed by atoms with Gasteiger partial charge in [-0.2, -0.15) is 0 Å². The molecular weight excluding hydrogens is 252 g/mol. The first-order chi connectivity index (χ1) is 9.63. The van der Waals surface area contributed by atoms with Gasteiger partial charge >= 0.3 is 0 Å². The smallest absolute Gasteiger partial charge is 0.266 e. The Morgan fingerprint density at radius 1 is 1.25 bits per heavy atom. The van der Waals surface area contributed by atoms with Crippen LogP contribution in [0.1, 0.15) is 18.2 Å². The number of fused-ring (bicyclic) bond motifs is 2. The molecule has 0 aliphatic rings. The second-order valence-electron chi connectivity index (χ2n) is 4.82. The first-order valence-corrected chi connectivity index (χ1v) is 6.68. The maximum absolute atomic E-state index is 12.6. The van der Waals surface area contributed by atoms with Crippen LogP contribution in [0.25, 0.3) is 16.6 Å². The van der Waals surface area contributed by atoms with E-state index in [1.165, 1.54) is 0 Å². The van der Waals surface area contributed by atoms with Gasteiger partial charge in [0, 0.05) is 5.69 Å². The maximum atomic E-state index is 12.6. The number of hydrogen-bond donors (Lipinski definition) is 0. The summed E-state index contributed by atoms with van der Waals surface area (Å²) in [7, 11) is 0. The monoisotopic (exact) mass is 268 g/mol. The SMILES string of the molecule is CCOc1c(C)cc(C)n2c(=O)c3ccccc3nc12. The molecule has 0 aliphatic heterocycles. The van der Waals surface area contributed by atoms with Gasteiger partial charge in [-0.25, -0.2) is 4.98 Å². The van der Waals surface area contributed by atoms with E-state index in [-0.39, 0.29) is 5.56 Å². The fraction of sp³-hybridized carbons (Fsp3) is 0.250. The number of benzene rings is 1. The Kier molecular flexibility index (Phi) is 2.93. The Bertz CT molecular complexity index is 866. The summed E-state index contributed by atoms with van der Waals surface area (Å²) >= 11 is 0. The molecule has 3 rings (SSSR count). The highest BCUT2D eigenvalue weighted by Crippen LogP contribution is 2.25. The minimum atomic E-state index is -0.0518. The highest BCUT2D eigenvalue weighted by Gasteiger charge is 2.13. The average Bonchev–Trinajstić information content (AvgIpc) is 2.43. The van der Waals surface area contributed by atoms with E-state index in [0.29, 0.717) is 28.9 Å². The lowest BCUT2D eigenvalue weighted by atomic mass is 10.2. The highest BCUT2D eigenvalue weighted by atomic mass is 16.5. The van der Waals surface area contributed by atoms with E-state index in [2.05, 4.69) is 4.98 Å². The van der Waals surface area contributed by atoms with E-state index >= 15 is 0 Å². The van der Waals surface area contributed by atoms with Crippen LogP contribution in [-0.2, 0) is 0 Å². The molecule has 4 nitrogen and oxygen atoms in total. The topological polar surface area (TPSA) is 43.6 Å². The molecule has 0 amide bonds. The van der Waals surface area contributed by atoms with Crippen molar-refractivity contribution in [2.75, 3.05) is 6.61 Å². The lowest BCUT2D eigenvalue weighted by Gasteiger charge is -2.14. The van der Waals surface area contributed by atoms with E-state index < -0.39 is 0 Å². The zero-order chi connectivity index (χ0) is 14.3. The summed E-state index contributed by atoms with van der Waals surface area (Å²) in [6.45, 7) is 6.35. The zero-order valence-corrected chi connectivity index (χ0v) is 11.8. The Balaban J connectivity index is 2.56. The number of ether oxygens (including phenoxy) is 1. The lowest BCUT2D eigenvalue weighted by Crippen LogP contribution is -2.18. The van der Waals surface area contributed by atoms with Crippen LogP contribution in [0.15, 0.2) is 35.1 Å². The van der Waals surface area contributed by atoms with Gasteiger partial charge in [0.05, 0.1) is 17.5 Å². The van der Waals surface area contributed by atoms with E-state index in [1.54, 1.807) is 10.5 Å². The molecular formula is C16H16N2O2. The molecule has 0 radical (unpaired) electrons. The van der Waals surface area contributed by atoms with Crippen molar-refractivity contribution >= 4 is 16.6 Å². The summed E-state index contributed by atoms with van der Waals surface area (Å²) in [5.41, 5.74) is 3.09. The molecule has 0 fully saturated rings. The predicted molar refractivity (Wildman–Crippen MR) is 79.6 cm³/mol. The summed E-state index contributed by atoms with van der Waals surface area (Å²) < 4.78 is 7.31. The Morgan fingerprint density at radius 2 is 2.00 bits per heavy atom. The second kappa shape index (κ2) is 4.63. The number of pyridine rings is 1. The quantitative estimate of drug-likeness (QED) is 0.671. The second-order valence-corrected chi connectivity index (χ2v) is 4.82. The summed E-state index contributed by atoms with van der Waals surface area (Å²) in [5, 5.41) is 0.624. The summed E-state index contributed by atoms with van der Waals surface area (Å²) in [5.74, 6) is 0.681. The third-order valence-corrected chi connectivity index (χ3v) is 3.40. The molecule has 0 atom stereocenters. The van der Waals surface area contributed by atoms with Crippen LogP contribution in [-0.4, -0.2) is 16.0 Å². The first-order valence-electron chi connectivity index (χ1n) is 6.68. The van der Waals surface area contributed by atoms with Crippen LogP contribution in [0.4, 0.5) is 0 Å². The molecule has 20 heavy (non-hydrogen) atoms. The Morgan fingerprint density at radius 3 is 2.75 bits per heavy atom. The third kappa shape index (κ3) is 1.76. The van der Waals surface area contributed by atoms with E-state index in [1.807, 2.05) is 45.0 Å². The fourth-order valence-corrected chi connectivity index (χ4v) is 2.55. The number of para-hydroxylation sites is 1.